The number of pyridine rings is 1. The van der Waals surface area contributed by atoms with Crippen LogP contribution >= 0.6 is 0 Å². The van der Waals surface area contributed by atoms with Gasteiger partial charge in [0.15, 0.2) is 0 Å². The van der Waals surface area contributed by atoms with Gasteiger partial charge in [-0.05, 0) is 35.9 Å². The number of carbonyl (C=O) groups is 1. The second-order valence-corrected chi connectivity index (χ2v) is 4.58. The summed E-state index contributed by atoms with van der Waals surface area (Å²) in [5.74, 6) is -0.362. The van der Waals surface area contributed by atoms with E-state index >= 15 is 0 Å². The summed E-state index contributed by atoms with van der Waals surface area (Å²) in [6.45, 7) is 0. The van der Waals surface area contributed by atoms with Crippen molar-refractivity contribution in [3.63, 3.8) is 0 Å². The number of esters is 1. The Morgan fingerprint density at radius 3 is 2.62 bits per heavy atom. The van der Waals surface area contributed by atoms with Gasteiger partial charge in [-0.3, -0.25) is 0 Å². The SMILES string of the molecule is COC(=O)c1ccc(-c2cc(C#N)c3ccccn23)cc1. The number of methoxy groups -OCH3 is 1. The van der Waals surface area contributed by atoms with Crippen molar-refractivity contribution in [1.29, 1.82) is 5.26 Å². The van der Waals surface area contributed by atoms with Crippen molar-refractivity contribution in [3.05, 3.63) is 65.9 Å². The molecule has 4 nitrogen and oxygen atoms in total. The molecule has 0 N–H and O–H groups in total. The highest BCUT2D eigenvalue weighted by Gasteiger charge is 2.11. The summed E-state index contributed by atoms with van der Waals surface area (Å²) in [6.07, 6.45) is 1.92. The number of carbonyl (C=O) groups excluding carboxylic acids is 1. The Balaban J connectivity index is 2.13. The van der Waals surface area contributed by atoms with Gasteiger partial charge in [0.1, 0.15) is 6.07 Å². The lowest BCUT2D eigenvalue weighted by atomic mass is 10.1. The van der Waals surface area contributed by atoms with Crippen LogP contribution in [0.3, 0.4) is 0 Å². The summed E-state index contributed by atoms with van der Waals surface area (Å²) in [5.41, 5.74) is 3.85. The standard InChI is InChI=1S/C17H12N2O2/c1-21-17(20)13-7-5-12(6-8-13)16-10-14(11-18)15-4-2-3-9-19(15)16/h2-10H,1H3. The van der Waals surface area contributed by atoms with Gasteiger partial charge >= 0.3 is 5.97 Å². The van der Waals surface area contributed by atoms with Gasteiger partial charge in [-0.1, -0.05) is 18.2 Å². The Morgan fingerprint density at radius 2 is 1.95 bits per heavy atom. The fourth-order valence-corrected chi connectivity index (χ4v) is 2.36. The van der Waals surface area contributed by atoms with Crippen molar-refractivity contribution in [1.82, 2.24) is 4.40 Å². The predicted molar refractivity (Wildman–Crippen MR) is 78.9 cm³/mol. The smallest absolute Gasteiger partial charge is 0.337 e. The van der Waals surface area contributed by atoms with Crippen LogP contribution < -0.4 is 0 Å². The molecule has 0 unspecified atom stereocenters. The molecule has 4 heteroatoms. The Bertz CT molecular complexity index is 855. The normalized spacial score (nSPS) is 10.3. The lowest BCUT2D eigenvalue weighted by Crippen LogP contribution is -2.00. The fourth-order valence-electron chi connectivity index (χ4n) is 2.36. The zero-order chi connectivity index (χ0) is 14.8. The predicted octanol–water partition coefficient (Wildman–Crippen LogP) is 3.26. The van der Waals surface area contributed by atoms with E-state index in [9.17, 15) is 10.1 Å². The number of aromatic nitrogens is 1. The molecule has 0 radical (unpaired) electrons. The molecule has 0 spiro atoms. The molecule has 0 fully saturated rings. The molecule has 0 atom stereocenters. The largest absolute Gasteiger partial charge is 0.465 e. The van der Waals surface area contributed by atoms with Gasteiger partial charge in [-0.25, -0.2) is 4.79 Å². The van der Waals surface area contributed by atoms with Crippen molar-refractivity contribution in [2.24, 2.45) is 0 Å². The van der Waals surface area contributed by atoms with Crippen molar-refractivity contribution < 1.29 is 9.53 Å². The van der Waals surface area contributed by atoms with Crippen LogP contribution in [0.15, 0.2) is 54.7 Å². The molecule has 0 saturated carbocycles. The molecular formula is C17H12N2O2. The van der Waals surface area contributed by atoms with Crippen LogP contribution in [0.4, 0.5) is 0 Å². The third kappa shape index (κ3) is 2.15. The first-order valence-corrected chi connectivity index (χ1v) is 6.43. The number of nitriles is 1. The van der Waals surface area contributed by atoms with E-state index in [0.29, 0.717) is 11.1 Å². The molecule has 3 aromatic rings. The first-order chi connectivity index (χ1) is 10.2. The number of nitrogens with zero attached hydrogens (tertiary/aromatic N) is 2. The van der Waals surface area contributed by atoms with Crippen molar-refractivity contribution in [2.45, 2.75) is 0 Å². The van der Waals surface area contributed by atoms with Crippen LogP contribution in [-0.2, 0) is 4.74 Å². The van der Waals surface area contributed by atoms with Crippen LogP contribution in [0.5, 0.6) is 0 Å². The molecule has 1 aromatic carbocycles. The maximum absolute atomic E-state index is 11.5. The Hall–Kier alpha value is -3.06. The lowest BCUT2D eigenvalue weighted by molar-refractivity contribution is 0.0601. The average Bonchev–Trinajstić information content (AvgIpc) is 2.93. The second-order valence-electron chi connectivity index (χ2n) is 4.58. The maximum Gasteiger partial charge on any atom is 0.337 e. The summed E-state index contributed by atoms with van der Waals surface area (Å²) in [7, 11) is 1.36. The zero-order valence-electron chi connectivity index (χ0n) is 11.4. The molecule has 0 aliphatic rings. The topological polar surface area (TPSA) is 54.5 Å². The molecule has 0 aliphatic heterocycles. The fraction of sp³-hybridized carbons (Fsp3) is 0.0588. The van der Waals surface area contributed by atoms with Crippen LogP contribution in [0.25, 0.3) is 16.8 Å². The summed E-state index contributed by atoms with van der Waals surface area (Å²) in [5, 5.41) is 9.22. The van der Waals surface area contributed by atoms with Gasteiger partial charge in [0.05, 0.1) is 29.4 Å². The van der Waals surface area contributed by atoms with Crippen LogP contribution in [0.2, 0.25) is 0 Å². The highest BCUT2D eigenvalue weighted by molar-refractivity contribution is 5.90. The van der Waals surface area contributed by atoms with Crippen molar-refractivity contribution in [2.75, 3.05) is 7.11 Å². The Kier molecular flexibility index (Phi) is 3.17. The monoisotopic (exact) mass is 276 g/mol. The van der Waals surface area contributed by atoms with Crippen molar-refractivity contribution in [3.8, 4) is 17.3 Å². The number of hydrogen-bond acceptors (Lipinski definition) is 3. The molecule has 0 saturated heterocycles. The number of benzene rings is 1. The van der Waals surface area contributed by atoms with Crippen molar-refractivity contribution >= 4 is 11.5 Å². The summed E-state index contributed by atoms with van der Waals surface area (Å²) < 4.78 is 6.65. The van der Waals surface area contributed by atoms with E-state index in [1.807, 2.05) is 47.0 Å². The van der Waals surface area contributed by atoms with Gasteiger partial charge in [0, 0.05) is 6.20 Å². The molecule has 3 rings (SSSR count). The molecule has 102 valence electrons. The molecule has 0 bridgehead atoms. The highest BCUT2D eigenvalue weighted by atomic mass is 16.5. The van der Waals surface area contributed by atoms with Gasteiger partial charge in [-0.15, -0.1) is 0 Å². The molecule has 0 aliphatic carbocycles. The lowest BCUT2D eigenvalue weighted by Gasteiger charge is -2.04. The molecule has 2 heterocycles. The minimum atomic E-state index is -0.362. The van der Waals surface area contributed by atoms with Gasteiger partial charge in [-0.2, -0.15) is 5.26 Å². The van der Waals surface area contributed by atoms with E-state index in [1.165, 1.54) is 7.11 Å². The first kappa shape index (κ1) is 12.9. The number of fused-ring (bicyclic) bond motifs is 1. The molecular weight excluding hydrogens is 264 g/mol. The van der Waals surface area contributed by atoms with E-state index in [1.54, 1.807) is 12.1 Å². The van der Waals surface area contributed by atoms with Gasteiger partial charge in [0.2, 0.25) is 0 Å². The number of rotatable bonds is 2. The van der Waals surface area contributed by atoms with Crippen LogP contribution in [0, 0.1) is 11.3 Å². The molecule has 21 heavy (non-hydrogen) atoms. The summed E-state index contributed by atoms with van der Waals surface area (Å²) in [4.78, 5) is 11.5. The maximum atomic E-state index is 11.5. The van der Waals surface area contributed by atoms with E-state index in [2.05, 4.69) is 10.8 Å². The quantitative estimate of drug-likeness (QED) is 0.675. The zero-order valence-corrected chi connectivity index (χ0v) is 11.4. The Morgan fingerprint density at radius 1 is 1.19 bits per heavy atom. The molecule has 0 amide bonds. The third-order valence-corrected chi connectivity index (χ3v) is 3.40. The van der Waals surface area contributed by atoms with E-state index in [0.717, 1.165) is 16.8 Å². The Labute approximate surface area is 121 Å². The molecule has 2 aromatic heterocycles. The average molecular weight is 276 g/mol. The van der Waals surface area contributed by atoms with Crippen LogP contribution in [0.1, 0.15) is 15.9 Å². The van der Waals surface area contributed by atoms with Gasteiger partial charge < -0.3 is 9.14 Å². The number of hydrogen-bond donors (Lipinski definition) is 0. The van der Waals surface area contributed by atoms with Gasteiger partial charge in [0.25, 0.3) is 0 Å². The highest BCUT2D eigenvalue weighted by Crippen LogP contribution is 2.26. The van der Waals surface area contributed by atoms with E-state index < -0.39 is 0 Å². The first-order valence-electron chi connectivity index (χ1n) is 6.43. The van der Waals surface area contributed by atoms with E-state index in [-0.39, 0.29) is 5.97 Å². The van der Waals surface area contributed by atoms with E-state index in [4.69, 9.17) is 0 Å². The minimum Gasteiger partial charge on any atom is -0.465 e. The second kappa shape index (κ2) is 5.14. The summed E-state index contributed by atoms with van der Waals surface area (Å²) in [6, 6.07) is 16.9. The van der Waals surface area contributed by atoms with Crippen LogP contribution in [-0.4, -0.2) is 17.5 Å². The third-order valence-electron chi connectivity index (χ3n) is 3.40. The summed E-state index contributed by atoms with van der Waals surface area (Å²) >= 11 is 0. The number of ether oxygens (including phenoxy) is 1. The minimum absolute atomic E-state index is 0.362.